The summed E-state index contributed by atoms with van der Waals surface area (Å²) in [6.45, 7) is 0. The predicted octanol–water partition coefficient (Wildman–Crippen LogP) is 2.97. The number of nitro benzene ring substituents is 1. The van der Waals surface area contributed by atoms with Crippen LogP contribution in [0.4, 0.5) is 10.1 Å². The van der Waals surface area contributed by atoms with Gasteiger partial charge in [0.05, 0.1) is 10.5 Å². The number of carbonyl (C=O) groups excluding carboxylic acids is 1. The fourth-order valence-corrected chi connectivity index (χ4v) is 1.49. The summed E-state index contributed by atoms with van der Waals surface area (Å²) in [5.74, 6) is 3.72. The third-order valence-electron chi connectivity index (χ3n) is 2.52. The summed E-state index contributed by atoms with van der Waals surface area (Å²) in [5, 5.41) is 10.5. The summed E-state index contributed by atoms with van der Waals surface area (Å²) in [7, 11) is 0. The van der Waals surface area contributed by atoms with E-state index in [0.29, 0.717) is 0 Å². The number of carbonyl (C=O) groups is 1. The molecule has 0 atom stereocenters. The molecule has 5 heteroatoms. The average Bonchev–Trinajstić information content (AvgIpc) is 2.46. The van der Waals surface area contributed by atoms with Crippen molar-refractivity contribution in [1.29, 1.82) is 0 Å². The topological polar surface area (TPSA) is 60.2 Å². The van der Waals surface area contributed by atoms with E-state index in [4.69, 9.17) is 0 Å². The number of nitro groups is 1. The third-order valence-corrected chi connectivity index (χ3v) is 2.52. The van der Waals surface area contributed by atoms with Crippen LogP contribution in [0.3, 0.4) is 0 Å². The second-order valence-corrected chi connectivity index (χ2v) is 3.86. The van der Waals surface area contributed by atoms with Gasteiger partial charge < -0.3 is 0 Å². The minimum atomic E-state index is -0.556. The van der Waals surface area contributed by atoms with Crippen molar-refractivity contribution in [3.8, 4) is 11.8 Å². The first-order chi connectivity index (χ1) is 9.58. The zero-order valence-electron chi connectivity index (χ0n) is 10.2. The van der Waals surface area contributed by atoms with Crippen LogP contribution in [0, 0.1) is 27.8 Å². The molecule has 4 nitrogen and oxygen atoms in total. The van der Waals surface area contributed by atoms with Crippen molar-refractivity contribution in [1.82, 2.24) is 0 Å². The second kappa shape index (κ2) is 5.76. The van der Waals surface area contributed by atoms with Crippen LogP contribution in [0.5, 0.6) is 0 Å². The molecule has 0 aliphatic rings. The fourth-order valence-electron chi connectivity index (χ4n) is 1.49. The third kappa shape index (κ3) is 3.06. The highest BCUT2D eigenvalue weighted by Crippen LogP contribution is 2.12. The first kappa shape index (κ1) is 13.4. The van der Waals surface area contributed by atoms with Gasteiger partial charge in [0, 0.05) is 17.7 Å². The van der Waals surface area contributed by atoms with Crippen LogP contribution in [0.15, 0.2) is 48.5 Å². The zero-order chi connectivity index (χ0) is 14.5. The standard InChI is InChI=1S/C15H8FNO3/c16-14-4-2-1-3-11(14)7-10-15(18)12-5-8-13(9-6-12)17(19)20/h1-6,8-9H. The highest BCUT2D eigenvalue weighted by atomic mass is 19.1. The van der Waals surface area contributed by atoms with Crippen molar-refractivity contribution in [2.75, 3.05) is 0 Å². The normalized spacial score (nSPS) is 9.45. The Balaban J connectivity index is 2.21. The Morgan fingerprint density at radius 2 is 1.75 bits per heavy atom. The van der Waals surface area contributed by atoms with Crippen LogP contribution in [-0.4, -0.2) is 10.7 Å². The summed E-state index contributed by atoms with van der Waals surface area (Å²) in [6, 6.07) is 10.9. The molecule has 0 radical (unpaired) electrons. The van der Waals surface area contributed by atoms with E-state index in [9.17, 15) is 19.3 Å². The molecule has 0 N–H and O–H groups in total. The summed E-state index contributed by atoms with van der Waals surface area (Å²) in [6.07, 6.45) is 0. The number of hydrogen-bond acceptors (Lipinski definition) is 3. The Bertz CT molecular complexity index is 727. The van der Waals surface area contributed by atoms with Gasteiger partial charge in [-0.25, -0.2) is 4.39 Å². The number of benzene rings is 2. The smallest absolute Gasteiger partial charge is 0.269 e. The summed E-state index contributed by atoms with van der Waals surface area (Å²) < 4.78 is 13.3. The van der Waals surface area contributed by atoms with Crippen LogP contribution in [-0.2, 0) is 0 Å². The summed E-state index contributed by atoms with van der Waals surface area (Å²) in [4.78, 5) is 21.7. The van der Waals surface area contributed by atoms with Gasteiger partial charge in [-0.2, -0.15) is 0 Å². The van der Waals surface area contributed by atoms with Crippen molar-refractivity contribution in [2.45, 2.75) is 0 Å². The second-order valence-electron chi connectivity index (χ2n) is 3.86. The Morgan fingerprint density at radius 3 is 2.35 bits per heavy atom. The van der Waals surface area contributed by atoms with Gasteiger partial charge in [0.15, 0.2) is 0 Å². The number of halogens is 1. The van der Waals surface area contributed by atoms with E-state index < -0.39 is 16.5 Å². The van der Waals surface area contributed by atoms with Crippen molar-refractivity contribution in [2.24, 2.45) is 0 Å². The van der Waals surface area contributed by atoms with Crippen molar-refractivity contribution in [3.63, 3.8) is 0 Å². The molecule has 0 unspecified atom stereocenters. The quantitative estimate of drug-likeness (QED) is 0.364. The molecular formula is C15H8FNO3. The van der Waals surface area contributed by atoms with Crippen molar-refractivity contribution >= 4 is 11.5 Å². The Hall–Kier alpha value is -3.00. The van der Waals surface area contributed by atoms with Crippen LogP contribution >= 0.6 is 0 Å². The molecule has 0 spiro atoms. The van der Waals surface area contributed by atoms with E-state index in [1.807, 2.05) is 0 Å². The molecule has 20 heavy (non-hydrogen) atoms. The number of nitrogens with zero attached hydrogens (tertiary/aromatic N) is 1. The lowest BCUT2D eigenvalue weighted by atomic mass is 10.1. The molecule has 0 aromatic heterocycles. The number of Topliss-reactive ketones (excluding diaryl/α,β-unsaturated/α-hetero) is 1. The van der Waals surface area contributed by atoms with Gasteiger partial charge in [-0.3, -0.25) is 14.9 Å². The first-order valence-corrected chi connectivity index (χ1v) is 5.63. The molecule has 0 bridgehead atoms. The molecule has 2 aromatic carbocycles. The lowest BCUT2D eigenvalue weighted by Gasteiger charge is -1.94. The van der Waals surface area contributed by atoms with E-state index in [1.165, 1.54) is 42.5 Å². The van der Waals surface area contributed by atoms with Gasteiger partial charge in [-0.15, -0.1) is 0 Å². The minimum absolute atomic E-state index is 0.108. The van der Waals surface area contributed by atoms with Crippen LogP contribution in [0.25, 0.3) is 0 Å². The molecule has 0 saturated heterocycles. The van der Waals surface area contributed by atoms with Gasteiger partial charge >= 0.3 is 0 Å². The number of hydrogen-bond donors (Lipinski definition) is 0. The molecule has 0 saturated carbocycles. The summed E-state index contributed by atoms with van der Waals surface area (Å²) in [5.41, 5.74) is 0.241. The van der Waals surface area contributed by atoms with E-state index in [0.717, 1.165) is 0 Å². The van der Waals surface area contributed by atoms with Gasteiger partial charge in [0.25, 0.3) is 5.69 Å². The van der Waals surface area contributed by atoms with Crippen LogP contribution in [0.1, 0.15) is 15.9 Å². The van der Waals surface area contributed by atoms with Gasteiger partial charge in [-0.05, 0) is 30.2 Å². The van der Waals surface area contributed by atoms with E-state index in [1.54, 1.807) is 6.07 Å². The fraction of sp³-hybridized carbons (Fsp3) is 0. The Morgan fingerprint density at radius 1 is 1.10 bits per heavy atom. The average molecular weight is 269 g/mol. The number of non-ortho nitro benzene ring substituents is 1. The molecule has 0 fully saturated rings. The minimum Gasteiger partial charge on any atom is -0.279 e. The SMILES string of the molecule is O=C(C#Cc1ccccc1F)c1ccc([N+](=O)[O-])cc1. The lowest BCUT2D eigenvalue weighted by Crippen LogP contribution is -1.96. The van der Waals surface area contributed by atoms with Crippen molar-refractivity contribution in [3.05, 3.63) is 75.6 Å². The monoisotopic (exact) mass is 269 g/mol. The van der Waals surface area contributed by atoms with Crippen molar-refractivity contribution < 1.29 is 14.1 Å². The molecular weight excluding hydrogens is 261 g/mol. The largest absolute Gasteiger partial charge is 0.279 e. The highest BCUT2D eigenvalue weighted by molar-refractivity contribution is 6.09. The van der Waals surface area contributed by atoms with Gasteiger partial charge in [0.2, 0.25) is 5.78 Å². The zero-order valence-corrected chi connectivity index (χ0v) is 10.2. The molecule has 98 valence electrons. The number of ketones is 1. The molecule has 2 rings (SSSR count). The predicted molar refractivity (Wildman–Crippen MR) is 70.7 cm³/mol. The van der Waals surface area contributed by atoms with E-state index >= 15 is 0 Å². The maximum atomic E-state index is 13.3. The number of rotatable bonds is 2. The molecule has 0 aliphatic heterocycles. The molecule has 0 amide bonds. The van der Waals surface area contributed by atoms with Gasteiger partial charge in [0.1, 0.15) is 5.82 Å². The maximum Gasteiger partial charge on any atom is 0.269 e. The van der Waals surface area contributed by atoms with Crippen LogP contribution < -0.4 is 0 Å². The van der Waals surface area contributed by atoms with E-state index in [-0.39, 0.29) is 16.8 Å². The molecule has 0 aliphatic carbocycles. The first-order valence-electron chi connectivity index (χ1n) is 5.63. The molecule has 2 aromatic rings. The molecule has 0 heterocycles. The van der Waals surface area contributed by atoms with Crippen LogP contribution in [0.2, 0.25) is 0 Å². The lowest BCUT2D eigenvalue weighted by molar-refractivity contribution is -0.384. The van der Waals surface area contributed by atoms with Gasteiger partial charge in [-0.1, -0.05) is 18.1 Å². The van der Waals surface area contributed by atoms with E-state index in [2.05, 4.69) is 11.8 Å². The Kier molecular flexibility index (Phi) is 3.87. The highest BCUT2D eigenvalue weighted by Gasteiger charge is 2.07. The maximum absolute atomic E-state index is 13.3. The summed E-state index contributed by atoms with van der Waals surface area (Å²) >= 11 is 0. The Labute approximate surface area is 114 Å².